The van der Waals surface area contributed by atoms with Gasteiger partial charge >= 0.3 is 0 Å². The van der Waals surface area contributed by atoms with Gasteiger partial charge in [-0.3, -0.25) is 9.80 Å². The van der Waals surface area contributed by atoms with Crippen LogP contribution in [-0.4, -0.2) is 62.2 Å². The SMILES string of the molecule is CN1CCN(C)[C@H]2CNC[C@H]21. The van der Waals surface area contributed by atoms with E-state index in [1.807, 2.05) is 0 Å². The standard InChI is InChI=1S/C8H17N3/c1-10-3-4-11(2)8-6-9-5-7(8)10/h7-9H,3-6H2,1-2H3/t7-,8+. The summed E-state index contributed by atoms with van der Waals surface area (Å²) < 4.78 is 0. The third kappa shape index (κ3) is 1.17. The van der Waals surface area contributed by atoms with E-state index < -0.39 is 0 Å². The zero-order valence-corrected chi connectivity index (χ0v) is 7.38. The Kier molecular flexibility index (Phi) is 1.87. The van der Waals surface area contributed by atoms with Gasteiger partial charge in [-0.25, -0.2) is 0 Å². The zero-order valence-electron chi connectivity index (χ0n) is 7.38. The Balaban J connectivity index is 2.08. The van der Waals surface area contributed by atoms with E-state index in [1.165, 1.54) is 26.2 Å². The van der Waals surface area contributed by atoms with Crippen molar-refractivity contribution in [2.24, 2.45) is 0 Å². The molecule has 64 valence electrons. The minimum atomic E-state index is 0.758. The van der Waals surface area contributed by atoms with Gasteiger partial charge in [0.25, 0.3) is 0 Å². The van der Waals surface area contributed by atoms with Crippen molar-refractivity contribution in [1.82, 2.24) is 15.1 Å². The van der Waals surface area contributed by atoms with Crippen LogP contribution in [0.4, 0.5) is 0 Å². The normalized spacial score (nSPS) is 40.9. The number of rotatable bonds is 0. The summed E-state index contributed by atoms with van der Waals surface area (Å²) in [6.45, 7) is 4.79. The molecule has 11 heavy (non-hydrogen) atoms. The van der Waals surface area contributed by atoms with Gasteiger partial charge in [0.1, 0.15) is 0 Å². The lowest BCUT2D eigenvalue weighted by atomic mass is 10.1. The fourth-order valence-corrected chi connectivity index (χ4v) is 2.20. The summed E-state index contributed by atoms with van der Waals surface area (Å²) in [5, 5.41) is 3.44. The quantitative estimate of drug-likeness (QED) is 0.494. The minimum absolute atomic E-state index is 0.758. The van der Waals surface area contributed by atoms with E-state index in [1.54, 1.807) is 0 Å². The van der Waals surface area contributed by atoms with Crippen molar-refractivity contribution < 1.29 is 0 Å². The van der Waals surface area contributed by atoms with Crippen LogP contribution >= 0.6 is 0 Å². The molecule has 3 heteroatoms. The van der Waals surface area contributed by atoms with E-state index in [2.05, 4.69) is 29.2 Å². The van der Waals surface area contributed by atoms with Gasteiger partial charge in [0.2, 0.25) is 0 Å². The average molecular weight is 155 g/mol. The lowest BCUT2D eigenvalue weighted by molar-refractivity contribution is 0.0831. The molecule has 0 aromatic carbocycles. The van der Waals surface area contributed by atoms with E-state index in [4.69, 9.17) is 0 Å². The molecule has 0 spiro atoms. The van der Waals surface area contributed by atoms with Crippen molar-refractivity contribution in [2.45, 2.75) is 12.1 Å². The van der Waals surface area contributed by atoms with Gasteiger partial charge in [-0.1, -0.05) is 0 Å². The van der Waals surface area contributed by atoms with Crippen molar-refractivity contribution in [1.29, 1.82) is 0 Å². The van der Waals surface area contributed by atoms with Gasteiger partial charge in [0.15, 0.2) is 0 Å². The summed E-state index contributed by atoms with van der Waals surface area (Å²) in [7, 11) is 4.47. The van der Waals surface area contributed by atoms with Crippen LogP contribution in [0.2, 0.25) is 0 Å². The van der Waals surface area contributed by atoms with Crippen LogP contribution in [0.15, 0.2) is 0 Å². The van der Waals surface area contributed by atoms with Crippen LogP contribution in [0.1, 0.15) is 0 Å². The molecule has 0 unspecified atom stereocenters. The van der Waals surface area contributed by atoms with Gasteiger partial charge in [0, 0.05) is 38.3 Å². The molecule has 1 N–H and O–H groups in total. The Morgan fingerprint density at radius 1 is 1.00 bits per heavy atom. The maximum atomic E-state index is 3.44. The lowest BCUT2D eigenvalue weighted by Gasteiger charge is -2.40. The molecule has 2 fully saturated rings. The number of piperazine rings is 1. The highest BCUT2D eigenvalue weighted by atomic mass is 15.3. The predicted octanol–water partition coefficient (Wildman–Crippen LogP) is -0.796. The number of fused-ring (bicyclic) bond motifs is 1. The Morgan fingerprint density at radius 3 is 1.91 bits per heavy atom. The van der Waals surface area contributed by atoms with E-state index in [9.17, 15) is 0 Å². The second-order valence-electron chi connectivity index (χ2n) is 3.75. The first kappa shape index (κ1) is 7.53. The minimum Gasteiger partial charge on any atom is -0.313 e. The summed E-state index contributed by atoms with van der Waals surface area (Å²) >= 11 is 0. The Labute approximate surface area is 68.4 Å². The molecule has 0 aromatic rings. The maximum absolute atomic E-state index is 3.44. The summed E-state index contributed by atoms with van der Waals surface area (Å²) in [6, 6.07) is 1.52. The second kappa shape index (κ2) is 2.73. The molecular formula is C8H17N3. The highest BCUT2D eigenvalue weighted by Gasteiger charge is 2.35. The average Bonchev–Trinajstić information content (AvgIpc) is 2.45. The van der Waals surface area contributed by atoms with Gasteiger partial charge in [-0.15, -0.1) is 0 Å². The number of likely N-dealkylation sites (N-methyl/N-ethyl adjacent to an activating group) is 2. The summed E-state index contributed by atoms with van der Waals surface area (Å²) in [6.07, 6.45) is 0. The smallest absolute Gasteiger partial charge is 0.0386 e. The van der Waals surface area contributed by atoms with E-state index in [0.29, 0.717) is 0 Å². The fraction of sp³-hybridized carbons (Fsp3) is 1.00. The molecule has 0 radical (unpaired) electrons. The lowest BCUT2D eigenvalue weighted by Crippen LogP contribution is -2.56. The number of hydrogen-bond donors (Lipinski definition) is 1. The van der Waals surface area contributed by atoms with Crippen LogP contribution in [0, 0.1) is 0 Å². The van der Waals surface area contributed by atoms with Gasteiger partial charge < -0.3 is 5.32 Å². The third-order valence-electron chi connectivity index (χ3n) is 3.09. The van der Waals surface area contributed by atoms with E-state index in [-0.39, 0.29) is 0 Å². The van der Waals surface area contributed by atoms with Crippen LogP contribution in [0.25, 0.3) is 0 Å². The highest BCUT2D eigenvalue weighted by molar-refractivity contribution is 4.96. The van der Waals surface area contributed by atoms with Gasteiger partial charge in [-0.05, 0) is 14.1 Å². The predicted molar refractivity (Wildman–Crippen MR) is 45.7 cm³/mol. The molecule has 0 saturated carbocycles. The first-order valence-electron chi connectivity index (χ1n) is 4.40. The largest absolute Gasteiger partial charge is 0.313 e. The van der Waals surface area contributed by atoms with E-state index in [0.717, 1.165) is 12.1 Å². The van der Waals surface area contributed by atoms with Crippen LogP contribution in [0.3, 0.4) is 0 Å². The monoisotopic (exact) mass is 155 g/mol. The Morgan fingerprint density at radius 2 is 1.45 bits per heavy atom. The van der Waals surface area contributed by atoms with Gasteiger partial charge in [-0.2, -0.15) is 0 Å². The summed E-state index contributed by atoms with van der Waals surface area (Å²) in [4.78, 5) is 4.95. The molecule has 2 aliphatic heterocycles. The molecule has 0 amide bonds. The van der Waals surface area contributed by atoms with Crippen LogP contribution in [-0.2, 0) is 0 Å². The van der Waals surface area contributed by atoms with Crippen molar-refractivity contribution >= 4 is 0 Å². The third-order valence-corrected chi connectivity index (χ3v) is 3.09. The van der Waals surface area contributed by atoms with Crippen molar-refractivity contribution in [2.75, 3.05) is 40.3 Å². The number of nitrogens with zero attached hydrogens (tertiary/aromatic N) is 2. The van der Waals surface area contributed by atoms with E-state index >= 15 is 0 Å². The van der Waals surface area contributed by atoms with Crippen LogP contribution in [0.5, 0.6) is 0 Å². The molecule has 2 aliphatic rings. The zero-order chi connectivity index (χ0) is 7.84. The topological polar surface area (TPSA) is 18.5 Å². The molecule has 0 aliphatic carbocycles. The molecule has 3 nitrogen and oxygen atoms in total. The Bertz CT molecular complexity index is 132. The first-order chi connectivity index (χ1) is 5.29. The van der Waals surface area contributed by atoms with Crippen molar-refractivity contribution in [3.8, 4) is 0 Å². The molecule has 2 atom stereocenters. The summed E-state index contributed by atoms with van der Waals surface area (Å²) in [5.41, 5.74) is 0. The van der Waals surface area contributed by atoms with Gasteiger partial charge in [0.05, 0.1) is 0 Å². The molecule has 0 aromatic heterocycles. The molecule has 2 rings (SSSR count). The van der Waals surface area contributed by atoms with Crippen molar-refractivity contribution in [3.63, 3.8) is 0 Å². The molecule has 2 heterocycles. The first-order valence-corrected chi connectivity index (χ1v) is 4.40. The highest BCUT2D eigenvalue weighted by Crippen LogP contribution is 2.16. The molecule has 0 bridgehead atoms. The van der Waals surface area contributed by atoms with Crippen LogP contribution < -0.4 is 5.32 Å². The Hall–Kier alpha value is -0.120. The number of hydrogen-bond acceptors (Lipinski definition) is 3. The second-order valence-corrected chi connectivity index (χ2v) is 3.75. The fourth-order valence-electron chi connectivity index (χ4n) is 2.20. The molecule has 2 saturated heterocycles. The maximum Gasteiger partial charge on any atom is 0.0386 e. The number of nitrogens with one attached hydrogen (secondary N) is 1. The van der Waals surface area contributed by atoms with Crippen molar-refractivity contribution in [3.05, 3.63) is 0 Å². The summed E-state index contributed by atoms with van der Waals surface area (Å²) in [5.74, 6) is 0. The molecular weight excluding hydrogens is 138 g/mol.